The molecule has 0 spiro atoms. The molecule has 1 fully saturated rings. The van der Waals surface area contributed by atoms with Crippen LogP contribution in [0.25, 0.3) is 0 Å². The molecule has 3 unspecified atom stereocenters. The quantitative estimate of drug-likeness (QED) is 0.705. The maximum absolute atomic E-state index is 9.38. The Labute approximate surface area is 95.3 Å². The van der Waals surface area contributed by atoms with Crippen LogP contribution in [0, 0.1) is 17.8 Å². The van der Waals surface area contributed by atoms with E-state index in [0.29, 0.717) is 12.5 Å². The zero-order chi connectivity index (χ0) is 11.1. The van der Waals surface area contributed by atoms with Crippen molar-refractivity contribution in [2.45, 2.75) is 65.2 Å². The molecule has 1 aliphatic carbocycles. The van der Waals surface area contributed by atoms with Gasteiger partial charge in [-0.25, -0.2) is 0 Å². The van der Waals surface area contributed by atoms with E-state index in [-0.39, 0.29) is 0 Å². The van der Waals surface area contributed by atoms with Crippen molar-refractivity contribution in [3.8, 4) is 0 Å². The van der Waals surface area contributed by atoms with Crippen LogP contribution in [-0.4, -0.2) is 11.7 Å². The lowest BCUT2D eigenvalue weighted by Crippen LogP contribution is -2.27. The van der Waals surface area contributed by atoms with Gasteiger partial charge in [-0.15, -0.1) is 0 Å². The highest BCUT2D eigenvalue weighted by molar-refractivity contribution is 4.79. The molecular formula is C14H28O. The monoisotopic (exact) mass is 212 g/mol. The van der Waals surface area contributed by atoms with Gasteiger partial charge in [0.1, 0.15) is 0 Å². The summed E-state index contributed by atoms with van der Waals surface area (Å²) < 4.78 is 0. The Kier molecular flexibility index (Phi) is 6.31. The van der Waals surface area contributed by atoms with E-state index in [1.807, 2.05) is 0 Å². The zero-order valence-corrected chi connectivity index (χ0v) is 10.5. The van der Waals surface area contributed by atoms with Crippen LogP contribution in [0.5, 0.6) is 0 Å². The second-order valence-electron chi connectivity index (χ2n) is 5.31. The lowest BCUT2D eigenvalue weighted by Gasteiger charge is -2.35. The van der Waals surface area contributed by atoms with E-state index < -0.39 is 0 Å². The van der Waals surface area contributed by atoms with Crippen molar-refractivity contribution in [1.82, 2.24) is 0 Å². The van der Waals surface area contributed by atoms with Gasteiger partial charge in [0.25, 0.3) is 0 Å². The Morgan fingerprint density at radius 2 is 1.80 bits per heavy atom. The van der Waals surface area contributed by atoms with Crippen molar-refractivity contribution in [1.29, 1.82) is 0 Å². The van der Waals surface area contributed by atoms with Gasteiger partial charge in [0.05, 0.1) is 0 Å². The van der Waals surface area contributed by atoms with Gasteiger partial charge >= 0.3 is 0 Å². The van der Waals surface area contributed by atoms with Gasteiger partial charge < -0.3 is 5.11 Å². The van der Waals surface area contributed by atoms with Crippen molar-refractivity contribution in [3.05, 3.63) is 0 Å². The average Bonchev–Trinajstić information content (AvgIpc) is 2.27. The maximum atomic E-state index is 9.38. The third-order valence-electron chi connectivity index (χ3n) is 4.11. The molecule has 0 bridgehead atoms. The van der Waals surface area contributed by atoms with Crippen molar-refractivity contribution < 1.29 is 5.11 Å². The highest BCUT2D eigenvalue weighted by Gasteiger charge is 2.28. The topological polar surface area (TPSA) is 20.2 Å². The second kappa shape index (κ2) is 7.27. The van der Waals surface area contributed by atoms with Gasteiger partial charge in [-0.3, -0.25) is 0 Å². The van der Waals surface area contributed by atoms with Crippen LogP contribution in [0.1, 0.15) is 65.2 Å². The van der Waals surface area contributed by atoms with Crippen LogP contribution < -0.4 is 0 Å². The predicted molar refractivity (Wildman–Crippen MR) is 65.8 cm³/mol. The molecule has 0 radical (unpaired) electrons. The molecule has 0 amide bonds. The van der Waals surface area contributed by atoms with E-state index in [1.54, 1.807) is 0 Å². The minimum Gasteiger partial charge on any atom is -0.396 e. The van der Waals surface area contributed by atoms with Crippen LogP contribution in [-0.2, 0) is 0 Å². The molecule has 15 heavy (non-hydrogen) atoms. The fourth-order valence-electron chi connectivity index (χ4n) is 3.15. The van der Waals surface area contributed by atoms with Crippen molar-refractivity contribution >= 4 is 0 Å². The van der Waals surface area contributed by atoms with Gasteiger partial charge in [-0.05, 0) is 30.6 Å². The smallest absolute Gasteiger partial charge is 0.0461 e. The zero-order valence-electron chi connectivity index (χ0n) is 10.5. The minimum atomic E-state index is 0.424. The third-order valence-corrected chi connectivity index (χ3v) is 4.11. The second-order valence-corrected chi connectivity index (χ2v) is 5.31. The van der Waals surface area contributed by atoms with Crippen molar-refractivity contribution in [3.63, 3.8) is 0 Å². The lowest BCUT2D eigenvalue weighted by atomic mass is 9.71. The Hall–Kier alpha value is -0.0400. The molecule has 1 saturated carbocycles. The summed E-state index contributed by atoms with van der Waals surface area (Å²) in [4.78, 5) is 0. The summed E-state index contributed by atoms with van der Waals surface area (Å²) in [5, 5.41) is 9.38. The summed E-state index contributed by atoms with van der Waals surface area (Å²) in [5.41, 5.74) is 0. The molecule has 0 saturated heterocycles. The van der Waals surface area contributed by atoms with E-state index >= 15 is 0 Å². The van der Waals surface area contributed by atoms with Crippen LogP contribution in [0.2, 0.25) is 0 Å². The van der Waals surface area contributed by atoms with Crippen molar-refractivity contribution in [2.24, 2.45) is 17.8 Å². The molecule has 90 valence electrons. The van der Waals surface area contributed by atoms with Gasteiger partial charge in [-0.2, -0.15) is 0 Å². The summed E-state index contributed by atoms with van der Waals surface area (Å²) in [7, 11) is 0. The molecule has 1 aliphatic rings. The van der Waals surface area contributed by atoms with Crippen LogP contribution in [0.3, 0.4) is 0 Å². The van der Waals surface area contributed by atoms with E-state index in [0.717, 1.165) is 11.8 Å². The highest BCUT2D eigenvalue weighted by Crippen LogP contribution is 2.38. The number of aliphatic hydroxyl groups excluding tert-OH is 1. The van der Waals surface area contributed by atoms with Gasteiger partial charge in [0, 0.05) is 6.61 Å². The van der Waals surface area contributed by atoms with E-state index in [2.05, 4.69) is 13.8 Å². The number of unbranched alkanes of at least 4 members (excludes halogenated alkanes) is 1. The summed E-state index contributed by atoms with van der Waals surface area (Å²) in [6.07, 6.45) is 10.8. The predicted octanol–water partition coefficient (Wildman–Crippen LogP) is 4.00. The summed E-state index contributed by atoms with van der Waals surface area (Å²) in [6.45, 7) is 4.98. The molecule has 1 nitrogen and oxygen atoms in total. The number of aliphatic hydroxyl groups is 1. The summed E-state index contributed by atoms with van der Waals surface area (Å²) in [5.74, 6) is 2.39. The maximum Gasteiger partial charge on any atom is 0.0461 e. The van der Waals surface area contributed by atoms with Gasteiger partial charge in [0.15, 0.2) is 0 Å². The molecule has 0 aliphatic heterocycles. The molecular weight excluding hydrogens is 184 g/mol. The Morgan fingerprint density at radius 1 is 1.00 bits per heavy atom. The molecule has 3 atom stereocenters. The third kappa shape index (κ3) is 4.14. The minimum absolute atomic E-state index is 0.424. The van der Waals surface area contributed by atoms with Crippen LogP contribution in [0.4, 0.5) is 0 Å². The molecule has 1 heteroatoms. The molecule has 0 aromatic carbocycles. The molecule has 1 rings (SSSR count). The van der Waals surface area contributed by atoms with Gasteiger partial charge in [-0.1, -0.05) is 52.4 Å². The van der Waals surface area contributed by atoms with Gasteiger partial charge in [0.2, 0.25) is 0 Å². The number of hydrogen-bond donors (Lipinski definition) is 1. The fraction of sp³-hybridized carbons (Fsp3) is 1.00. The SMILES string of the molecule is CCCCC1CC(CCC)CCC1CO. The lowest BCUT2D eigenvalue weighted by molar-refractivity contribution is 0.0975. The molecule has 0 aromatic rings. The first-order valence-corrected chi connectivity index (χ1v) is 6.92. The largest absolute Gasteiger partial charge is 0.396 e. The van der Waals surface area contributed by atoms with Crippen molar-refractivity contribution in [2.75, 3.05) is 6.61 Å². The number of hydrogen-bond acceptors (Lipinski definition) is 1. The molecule has 1 N–H and O–H groups in total. The first-order chi connectivity index (χ1) is 7.31. The Morgan fingerprint density at radius 3 is 2.40 bits per heavy atom. The molecule has 0 heterocycles. The molecule has 0 aromatic heterocycles. The normalized spacial score (nSPS) is 31.8. The highest BCUT2D eigenvalue weighted by atomic mass is 16.3. The standard InChI is InChI=1S/C14H28O/c1-3-5-7-13-10-12(6-4-2)8-9-14(13)11-15/h12-15H,3-11H2,1-2H3. The first kappa shape index (κ1) is 13.0. The Bertz CT molecular complexity index is 155. The number of rotatable bonds is 6. The first-order valence-electron chi connectivity index (χ1n) is 6.92. The summed E-state index contributed by atoms with van der Waals surface area (Å²) >= 11 is 0. The average molecular weight is 212 g/mol. The Balaban J connectivity index is 2.38. The van der Waals surface area contributed by atoms with Crippen LogP contribution >= 0.6 is 0 Å². The van der Waals surface area contributed by atoms with E-state index in [4.69, 9.17) is 0 Å². The van der Waals surface area contributed by atoms with E-state index in [1.165, 1.54) is 51.4 Å². The summed E-state index contributed by atoms with van der Waals surface area (Å²) in [6, 6.07) is 0. The van der Waals surface area contributed by atoms with E-state index in [9.17, 15) is 5.11 Å². The van der Waals surface area contributed by atoms with Crippen LogP contribution in [0.15, 0.2) is 0 Å². The fourth-order valence-corrected chi connectivity index (χ4v) is 3.15.